The molecule has 5 rings (SSSR count). The molecule has 33 heavy (non-hydrogen) atoms. The molecule has 6 nitrogen and oxygen atoms in total. The first-order chi connectivity index (χ1) is 16.0. The van der Waals surface area contributed by atoms with Crippen LogP contribution in [0.5, 0.6) is 11.5 Å². The first-order valence-corrected chi connectivity index (χ1v) is 10.7. The Bertz CT molecular complexity index is 1270. The van der Waals surface area contributed by atoms with Crippen LogP contribution in [0.4, 0.5) is 15.8 Å². The largest absolute Gasteiger partial charge is 0.486 e. The van der Waals surface area contributed by atoms with Crippen LogP contribution in [0, 0.1) is 5.82 Å². The van der Waals surface area contributed by atoms with E-state index in [0.717, 1.165) is 16.9 Å². The molecular formula is C26H21FN2O4. The lowest BCUT2D eigenvalue weighted by Gasteiger charge is -2.19. The SMILES string of the molecule is CCc1ccc(N2C(=O)C(Nc3ccc4c(c3)OCCO4)=C(c3ccc(F)cc3)C2=O)cc1. The van der Waals surface area contributed by atoms with E-state index in [1.807, 2.05) is 19.1 Å². The van der Waals surface area contributed by atoms with Crippen LogP contribution in [0.1, 0.15) is 18.1 Å². The summed E-state index contributed by atoms with van der Waals surface area (Å²) in [4.78, 5) is 28.1. The van der Waals surface area contributed by atoms with E-state index in [0.29, 0.717) is 41.7 Å². The third kappa shape index (κ3) is 3.82. The maximum atomic E-state index is 13.5. The second kappa shape index (κ2) is 8.43. The van der Waals surface area contributed by atoms with Gasteiger partial charge in [0.25, 0.3) is 11.8 Å². The number of carbonyl (C=O) groups is 2. The van der Waals surface area contributed by atoms with E-state index in [-0.39, 0.29) is 11.3 Å². The third-order valence-corrected chi connectivity index (χ3v) is 5.63. The molecule has 0 saturated carbocycles. The molecule has 166 valence electrons. The highest BCUT2D eigenvalue weighted by Gasteiger charge is 2.40. The van der Waals surface area contributed by atoms with Crippen molar-refractivity contribution in [2.24, 2.45) is 0 Å². The van der Waals surface area contributed by atoms with E-state index >= 15 is 0 Å². The Balaban J connectivity index is 1.56. The molecule has 2 amide bonds. The van der Waals surface area contributed by atoms with Crippen LogP contribution >= 0.6 is 0 Å². The summed E-state index contributed by atoms with van der Waals surface area (Å²) in [6, 6.07) is 18.0. The number of anilines is 2. The molecule has 0 saturated heterocycles. The molecule has 3 aromatic rings. The molecule has 7 heteroatoms. The number of ether oxygens (including phenoxy) is 2. The van der Waals surface area contributed by atoms with Crippen molar-refractivity contribution in [1.82, 2.24) is 0 Å². The first-order valence-electron chi connectivity index (χ1n) is 10.7. The van der Waals surface area contributed by atoms with Crippen molar-refractivity contribution >= 4 is 28.8 Å². The van der Waals surface area contributed by atoms with Gasteiger partial charge in [-0.05, 0) is 53.9 Å². The molecule has 0 aromatic heterocycles. The summed E-state index contributed by atoms with van der Waals surface area (Å²) in [5.41, 5.74) is 2.87. The number of halogens is 1. The average Bonchev–Trinajstić information content (AvgIpc) is 3.09. The smallest absolute Gasteiger partial charge is 0.282 e. The van der Waals surface area contributed by atoms with Gasteiger partial charge in [0, 0.05) is 11.8 Å². The van der Waals surface area contributed by atoms with Gasteiger partial charge in [-0.3, -0.25) is 9.59 Å². The Morgan fingerprint density at radius 2 is 1.58 bits per heavy atom. The van der Waals surface area contributed by atoms with Crippen molar-refractivity contribution in [1.29, 1.82) is 0 Å². The van der Waals surface area contributed by atoms with Crippen molar-refractivity contribution in [2.45, 2.75) is 13.3 Å². The minimum Gasteiger partial charge on any atom is -0.486 e. The topological polar surface area (TPSA) is 67.9 Å². The molecular weight excluding hydrogens is 423 g/mol. The lowest BCUT2D eigenvalue weighted by Crippen LogP contribution is -2.32. The van der Waals surface area contributed by atoms with Crippen LogP contribution in [0.25, 0.3) is 5.57 Å². The number of benzene rings is 3. The normalized spacial score (nSPS) is 15.3. The fraction of sp³-hybridized carbons (Fsp3) is 0.154. The Labute approximate surface area is 190 Å². The van der Waals surface area contributed by atoms with E-state index in [4.69, 9.17) is 9.47 Å². The van der Waals surface area contributed by atoms with Crippen LogP contribution in [-0.4, -0.2) is 25.0 Å². The standard InChI is InChI=1S/C26H21FN2O4/c1-2-16-3-10-20(11-4-16)29-25(30)23(17-5-7-18(27)8-6-17)24(26(29)31)28-19-9-12-21-22(15-19)33-14-13-32-21/h3-12,15,28H,2,13-14H2,1H3. The fourth-order valence-electron chi connectivity index (χ4n) is 3.91. The minimum absolute atomic E-state index is 0.114. The molecule has 2 heterocycles. The number of carbonyl (C=O) groups excluding carboxylic acids is 2. The maximum Gasteiger partial charge on any atom is 0.282 e. The number of rotatable bonds is 5. The maximum absolute atomic E-state index is 13.5. The van der Waals surface area contributed by atoms with Gasteiger partial charge in [0.15, 0.2) is 11.5 Å². The van der Waals surface area contributed by atoms with Crippen LogP contribution in [0.2, 0.25) is 0 Å². The second-order valence-corrected chi connectivity index (χ2v) is 7.71. The van der Waals surface area contributed by atoms with Crippen molar-refractivity contribution < 1.29 is 23.5 Å². The van der Waals surface area contributed by atoms with Gasteiger partial charge in [0.2, 0.25) is 0 Å². The van der Waals surface area contributed by atoms with E-state index < -0.39 is 17.6 Å². The Morgan fingerprint density at radius 1 is 0.879 bits per heavy atom. The molecule has 2 aliphatic heterocycles. The third-order valence-electron chi connectivity index (χ3n) is 5.63. The zero-order valence-electron chi connectivity index (χ0n) is 17.9. The van der Waals surface area contributed by atoms with Crippen LogP contribution in [0.3, 0.4) is 0 Å². The minimum atomic E-state index is -0.488. The lowest BCUT2D eigenvalue weighted by molar-refractivity contribution is -0.120. The summed E-state index contributed by atoms with van der Waals surface area (Å²) in [6.45, 7) is 2.93. The molecule has 0 spiro atoms. The quantitative estimate of drug-likeness (QED) is 0.585. The van der Waals surface area contributed by atoms with Crippen molar-refractivity contribution in [3.8, 4) is 11.5 Å². The van der Waals surface area contributed by atoms with Crippen molar-refractivity contribution in [2.75, 3.05) is 23.4 Å². The molecule has 1 N–H and O–H groups in total. The van der Waals surface area contributed by atoms with Gasteiger partial charge in [0.1, 0.15) is 24.7 Å². The highest BCUT2D eigenvalue weighted by molar-refractivity contribution is 6.46. The van der Waals surface area contributed by atoms with E-state index in [2.05, 4.69) is 5.32 Å². The molecule has 0 radical (unpaired) electrons. The number of hydrogen-bond acceptors (Lipinski definition) is 5. The lowest BCUT2D eigenvalue weighted by atomic mass is 10.0. The number of nitrogens with one attached hydrogen (secondary N) is 1. The van der Waals surface area contributed by atoms with E-state index in [9.17, 15) is 14.0 Å². The summed E-state index contributed by atoms with van der Waals surface area (Å²) in [5.74, 6) is -0.219. The average molecular weight is 444 g/mol. The molecule has 0 bridgehead atoms. The van der Waals surface area contributed by atoms with Gasteiger partial charge in [-0.2, -0.15) is 0 Å². The van der Waals surface area contributed by atoms with Crippen LogP contribution < -0.4 is 19.7 Å². The second-order valence-electron chi connectivity index (χ2n) is 7.71. The Hall–Kier alpha value is -4.13. The van der Waals surface area contributed by atoms with E-state index in [1.165, 1.54) is 24.3 Å². The van der Waals surface area contributed by atoms with Gasteiger partial charge < -0.3 is 14.8 Å². The van der Waals surface area contributed by atoms with Crippen molar-refractivity contribution in [3.63, 3.8) is 0 Å². The predicted molar refractivity (Wildman–Crippen MR) is 123 cm³/mol. The van der Waals surface area contributed by atoms with Crippen molar-refractivity contribution in [3.05, 3.63) is 89.4 Å². The zero-order chi connectivity index (χ0) is 22.9. The molecule has 0 fully saturated rings. The molecule has 0 unspecified atom stereocenters. The van der Waals surface area contributed by atoms with Crippen LogP contribution in [0.15, 0.2) is 72.4 Å². The highest BCUT2D eigenvalue weighted by atomic mass is 19.1. The number of fused-ring (bicyclic) bond motifs is 1. The number of hydrogen-bond donors (Lipinski definition) is 1. The summed E-state index contributed by atoms with van der Waals surface area (Å²) < 4.78 is 24.7. The van der Waals surface area contributed by atoms with Gasteiger partial charge in [0.05, 0.1) is 11.3 Å². The van der Waals surface area contributed by atoms with Gasteiger partial charge in [-0.1, -0.05) is 31.2 Å². The monoisotopic (exact) mass is 444 g/mol. The summed E-state index contributed by atoms with van der Waals surface area (Å²) >= 11 is 0. The Morgan fingerprint density at radius 3 is 2.27 bits per heavy atom. The fourth-order valence-corrected chi connectivity index (χ4v) is 3.91. The molecule has 0 aliphatic carbocycles. The number of imide groups is 1. The molecule has 2 aliphatic rings. The number of nitrogens with zero attached hydrogens (tertiary/aromatic N) is 1. The number of amides is 2. The Kier molecular flexibility index (Phi) is 5.30. The summed E-state index contributed by atoms with van der Waals surface area (Å²) in [5, 5.41) is 3.09. The predicted octanol–water partition coefficient (Wildman–Crippen LogP) is 4.56. The van der Waals surface area contributed by atoms with Gasteiger partial charge >= 0.3 is 0 Å². The summed E-state index contributed by atoms with van der Waals surface area (Å²) in [7, 11) is 0. The highest BCUT2D eigenvalue weighted by Crippen LogP contribution is 2.37. The first kappa shape index (κ1) is 20.8. The van der Waals surface area contributed by atoms with Gasteiger partial charge in [-0.25, -0.2) is 9.29 Å². The van der Waals surface area contributed by atoms with E-state index in [1.54, 1.807) is 30.3 Å². The molecule has 3 aromatic carbocycles. The van der Waals surface area contributed by atoms with Crippen LogP contribution in [-0.2, 0) is 16.0 Å². The number of aryl methyl sites for hydroxylation is 1. The summed E-state index contributed by atoms with van der Waals surface area (Å²) in [6.07, 6.45) is 0.845. The zero-order valence-corrected chi connectivity index (χ0v) is 17.9. The molecule has 0 atom stereocenters. The van der Waals surface area contributed by atoms with Gasteiger partial charge in [-0.15, -0.1) is 0 Å².